The maximum atomic E-state index is 4.96. The number of benzene rings is 3. The Bertz CT molecular complexity index is 1010. The van der Waals surface area contributed by atoms with Crippen LogP contribution in [0.15, 0.2) is 110 Å². The van der Waals surface area contributed by atoms with Gasteiger partial charge >= 0.3 is 0 Å². The van der Waals surface area contributed by atoms with E-state index in [0.29, 0.717) is 0 Å². The Morgan fingerprint density at radius 1 is 0.606 bits per heavy atom. The Morgan fingerprint density at radius 2 is 1.03 bits per heavy atom. The second-order valence-corrected chi connectivity index (χ2v) is 17.6. The standard InChI is InChI=1S/C28H33N3Si2/c1-4-32(5-2,6-3)31(28-24-29-22-23-30-28)33(25-16-10-7-11-17-25,26-18-12-8-13-19-26)27-20-14-9-15-21-27/h7-24H,4-6H2,1-3H3. The molecule has 0 saturated carbocycles. The van der Waals surface area contributed by atoms with Crippen LogP contribution in [0.2, 0.25) is 18.1 Å². The fraction of sp³-hybridized carbons (Fsp3) is 0.214. The van der Waals surface area contributed by atoms with Crippen LogP contribution >= 0.6 is 0 Å². The maximum Gasteiger partial charge on any atom is 0.246 e. The van der Waals surface area contributed by atoms with Gasteiger partial charge in [0.15, 0.2) is 0 Å². The first-order chi connectivity index (χ1) is 16.2. The van der Waals surface area contributed by atoms with Gasteiger partial charge < -0.3 is 4.23 Å². The molecule has 0 aliphatic heterocycles. The number of nitrogens with zero attached hydrogens (tertiary/aromatic N) is 3. The summed E-state index contributed by atoms with van der Waals surface area (Å²) in [4.78, 5) is 9.52. The molecule has 0 saturated heterocycles. The third-order valence-corrected chi connectivity index (χ3v) is 19.1. The van der Waals surface area contributed by atoms with Gasteiger partial charge in [-0.1, -0.05) is 112 Å². The van der Waals surface area contributed by atoms with Crippen molar-refractivity contribution in [3.8, 4) is 0 Å². The lowest BCUT2D eigenvalue weighted by Crippen LogP contribution is -2.83. The topological polar surface area (TPSA) is 29.0 Å². The van der Waals surface area contributed by atoms with Crippen LogP contribution < -0.4 is 19.8 Å². The molecule has 0 amide bonds. The number of hydrogen-bond acceptors (Lipinski definition) is 3. The molecule has 0 N–H and O–H groups in total. The summed E-state index contributed by atoms with van der Waals surface area (Å²) in [5, 5.41) is 4.17. The number of hydrogen-bond donors (Lipinski definition) is 0. The molecule has 3 aromatic carbocycles. The fourth-order valence-electron chi connectivity index (χ4n) is 5.33. The van der Waals surface area contributed by atoms with E-state index in [-0.39, 0.29) is 0 Å². The number of anilines is 1. The lowest BCUT2D eigenvalue weighted by atomic mass is 10.3. The molecule has 1 aromatic heterocycles. The van der Waals surface area contributed by atoms with Crippen molar-refractivity contribution >= 4 is 37.8 Å². The van der Waals surface area contributed by atoms with Crippen molar-refractivity contribution in [3.05, 3.63) is 110 Å². The molecule has 0 radical (unpaired) electrons. The maximum absolute atomic E-state index is 4.96. The molecular formula is C28H33N3Si2. The van der Waals surface area contributed by atoms with E-state index in [9.17, 15) is 0 Å². The van der Waals surface area contributed by atoms with Crippen molar-refractivity contribution in [1.29, 1.82) is 0 Å². The average Bonchev–Trinajstić information content (AvgIpc) is 2.91. The Hall–Kier alpha value is -3.03. The van der Waals surface area contributed by atoms with Crippen LogP contribution in [0.4, 0.5) is 5.82 Å². The average molecular weight is 468 g/mol. The van der Waals surface area contributed by atoms with Crippen molar-refractivity contribution < 1.29 is 0 Å². The van der Waals surface area contributed by atoms with Gasteiger partial charge in [-0.2, -0.15) is 0 Å². The van der Waals surface area contributed by atoms with Crippen molar-refractivity contribution in [2.24, 2.45) is 0 Å². The predicted molar refractivity (Wildman–Crippen MR) is 146 cm³/mol. The van der Waals surface area contributed by atoms with Gasteiger partial charge in [0.05, 0.1) is 6.20 Å². The van der Waals surface area contributed by atoms with E-state index in [1.54, 1.807) is 6.20 Å². The smallest absolute Gasteiger partial charge is 0.246 e. The summed E-state index contributed by atoms with van der Waals surface area (Å²) in [6, 6.07) is 36.9. The second kappa shape index (κ2) is 10.3. The van der Waals surface area contributed by atoms with Crippen LogP contribution in [-0.2, 0) is 0 Å². The molecule has 0 aliphatic carbocycles. The van der Waals surface area contributed by atoms with Crippen LogP contribution in [0.5, 0.6) is 0 Å². The van der Waals surface area contributed by atoms with Crippen molar-refractivity contribution in [3.63, 3.8) is 0 Å². The summed E-state index contributed by atoms with van der Waals surface area (Å²) in [6.07, 6.45) is 5.62. The Kier molecular flexibility index (Phi) is 7.21. The van der Waals surface area contributed by atoms with Gasteiger partial charge in [0.25, 0.3) is 0 Å². The van der Waals surface area contributed by atoms with E-state index in [1.165, 1.54) is 15.6 Å². The van der Waals surface area contributed by atoms with Gasteiger partial charge in [-0.05, 0) is 33.7 Å². The number of aromatic nitrogens is 2. The SMILES string of the molecule is CC[Si](CC)(CC)N(c1cnccn1)[Si](c1ccccc1)(c1ccccc1)c1ccccc1. The van der Waals surface area contributed by atoms with E-state index in [1.807, 2.05) is 12.4 Å². The van der Waals surface area contributed by atoms with Gasteiger partial charge in [-0.25, -0.2) is 4.98 Å². The normalized spacial score (nSPS) is 11.8. The third-order valence-electron chi connectivity index (χ3n) is 7.14. The highest BCUT2D eigenvalue weighted by atomic mass is 28.4. The lowest BCUT2D eigenvalue weighted by Gasteiger charge is -2.53. The zero-order valence-electron chi connectivity index (χ0n) is 19.9. The van der Waals surface area contributed by atoms with Gasteiger partial charge in [0.1, 0.15) is 14.1 Å². The Balaban J connectivity index is 2.21. The fourth-order valence-corrected chi connectivity index (χ4v) is 18.1. The van der Waals surface area contributed by atoms with Gasteiger partial charge in [0, 0.05) is 12.4 Å². The van der Waals surface area contributed by atoms with E-state index < -0.39 is 16.5 Å². The van der Waals surface area contributed by atoms with Crippen LogP contribution in [0.25, 0.3) is 0 Å². The molecule has 3 nitrogen and oxygen atoms in total. The lowest BCUT2D eigenvalue weighted by molar-refractivity contribution is 1.09. The first kappa shape index (κ1) is 23.1. The molecule has 168 valence electrons. The minimum atomic E-state index is -2.70. The zero-order chi connectivity index (χ0) is 23.2. The summed E-state index contributed by atoms with van der Waals surface area (Å²) in [5.74, 6) is 1.01. The quantitative estimate of drug-likeness (QED) is 0.257. The summed E-state index contributed by atoms with van der Waals surface area (Å²) in [7, 11) is -4.68. The second-order valence-electron chi connectivity index (χ2n) is 8.49. The van der Waals surface area contributed by atoms with E-state index in [0.717, 1.165) is 24.0 Å². The van der Waals surface area contributed by atoms with Crippen molar-refractivity contribution in [2.45, 2.75) is 38.9 Å². The largest absolute Gasteiger partial charge is 0.397 e. The highest BCUT2D eigenvalue weighted by molar-refractivity contribution is 7.21. The molecule has 0 fully saturated rings. The predicted octanol–water partition coefficient (Wildman–Crippen LogP) is 4.96. The Labute approximate surface area is 200 Å². The molecular weight excluding hydrogens is 435 g/mol. The number of rotatable bonds is 9. The third kappa shape index (κ3) is 4.07. The van der Waals surface area contributed by atoms with Crippen LogP contribution in [0.3, 0.4) is 0 Å². The zero-order valence-corrected chi connectivity index (χ0v) is 21.9. The van der Waals surface area contributed by atoms with Crippen molar-refractivity contribution in [1.82, 2.24) is 9.97 Å². The minimum absolute atomic E-state index is 1.01. The molecule has 33 heavy (non-hydrogen) atoms. The van der Waals surface area contributed by atoms with E-state index >= 15 is 0 Å². The van der Waals surface area contributed by atoms with E-state index in [2.05, 4.69) is 121 Å². The molecule has 4 rings (SSSR count). The molecule has 0 atom stereocenters. The van der Waals surface area contributed by atoms with Gasteiger partial charge in [0.2, 0.25) is 8.24 Å². The molecule has 4 aromatic rings. The first-order valence-electron chi connectivity index (χ1n) is 12.0. The van der Waals surface area contributed by atoms with E-state index in [4.69, 9.17) is 4.98 Å². The molecule has 0 bridgehead atoms. The molecule has 1 heterocycles. The summed E-state index contributed by atoms with van der Waals surface area (Å²) in [6.45, 7) is 7.13. The Morgan fingerprint density at radius 3 is 1.36 bits per heavy atom. The summed E-state index contributed by atoms with van der Waals surface area (Å²) in [5.41, 5.74) is 0. The summed E-state index contributed by atoms with van der Waals surface area (Å²) < 4.78 is 2.84. The van der Waals surface area contributed by atoms with Crippen LogP contribution in [0.1, 0.15) is 20.8 Å². The van der Waals surface area contributed by atoms with Gasteiger partial charge in [-0.15, -0.1) is 0 Å². The molecule has 0 unspecified atom stereocenters. The van der Waals surface area contributed by atoms with Crippen molar-refractivity contribution in [2.75, 3.05) is 4.23 Å². The molecule has 5 heteroatoms. The van der Waals surface area contributed by atoms with Gasteiger partial charge in [-0.3, -0.25) is 4.98 Å². The highest BCUT2D eigenvalue weighted by Gasteiger charge is 2.53. The molecule has 0 aliphatic rings. The highest BCUT2D eigenvalue weighted by Crippen LogP contribution is 2.34. The first-order valence-corrected chi connectivity index (χ1v) is 16.5. The minimum Gasteiger partial charge on any atom is -0.397 e. The summed E-state index contributed by atoms with van der Waals surface area (Å²) >= 11 is 0. The monoisotopic (exact) mass is 467 g/mol. The van der Waals surface area contributed by atoms with Crippen LogP contribution in [0, 0.1) is 0 Å². The molecule has 0 spiro atoms. The van der Waals surface area contributed by atoms with Crippen LogP contribution in [-0.4, -0.2) is 26.4 Å².